The van der Waals surface area contributed by atoms with Crippen LogP contribution in [-0.2, 0) is 19.1 Å². The summed E-state index contributed by atoms with van der Waals surface area (Å²) in [6, 6.07) is 0. The second-order valence-corrected chi connectivity index (χ2v) is 2.39. The zero-order chi connectivity index (χ0) is 11.7. The molecule has 0 aromatic rings. The minimum atomic E-state index is -1.56. The van der Waals surface area contributed by atoms with Crippen molar-refractivity contribution in [3.8, 4) is 0 Å². The highest BCUT2D eigenvalue weighted by Crippen LogP contribution is 1.85. The number of hydrogen-bond acceptors (Lipinski definition) is 6. The highest BCUT2D eigenvalue weighted by Gasteiger charge is 1.99. The van der Waals surface area contributed by atoms with Gasteiger partial charge in [0.05, 0.1) is 13.2 Å². The molecular weight excluding hydrogens is 208 g/mol. The third-order valence-corrected chi connectivity index (χ3v) is 1.10. The number of carboxylic acids is 1. The molecule has 0 fully saturated rings. The summed E-state index contributed by atoms with van der Waals surface area (Å²) >= 11 is 0. The predicted octanol–water partition coefficient (Wildman–Crippen LogP) is -1.50. The third kappa shape index (κ3) is 10.5. The first kappa shape index (κ1) is 13.6. The maximum absolute atomic E-state index is 10.7. The standard InChI is InChI=1S/C8H12O7/c9-6(10)1-2-8(13)15-4-3-14-5-7(11)12/h1-2,7,11-12H,3-5H2,(H,9,10). The van der Waals surface area contributed by atoms with E-state index < -0.39 is 18.2 Å². The zero-order valence-corrected chi connectivity index (χ0v) is 7.83. The first-order valence-electron chi connectivity index (χ1n) is 4.04. The van der Waals surface area contributed by atoms with Crippen LogP contribution in [0, 0.1) is 0 Å². The largest absolute Gasteiger partial charge is 0.478 e. The van der Waals surface area contributed by atoms with Crippen molar-refractivity contribution in [2.75, 3.05) is 19.8 Å². The first-order valence-corrected chi connectivity index (χ1v) is 4.04. The van der Waals surface area contributed by atoms with E-state index in [1.54, 1.807) is 0 Å². The van der Waals surface area contributed by atoms with Crippen LogP contribution in [0.1, 0.15) is 0 Å². The third-order valence-electron chi connectivity index (χ3n) is 1.10. The van der Waals surface area contributed by atoms with Gasteiger partial charge in [-0.3, -0.25) is 0 Å². The quantitative estimate of drug-likeness (QED) is 0.207. The fraction of sp³-hybridized carbons (Fsp3) is 0.500. The molecule has 0 saturated carbocycles. The summed E-state index contributed by atoms with van der Waals surface area (Å²) in [7, 11) is 0. The smallest absolute Gasteiger partial charge is 0.331 e. The summed E-state index contributed by atoms with van der Waals surface area (Å²) in [5.41, 5.74) is 0. The van der Waals surface area contributed by atoms with Gasteiger partial charge >= 0.3 is 11.9 Å². The van der Waals surface area contributed by atoms with Crippen LogP contribution in [0.5, 0.6) is 0 Å². The van der Waals surface area contributed by atoms with Gasteiger partial charge in [0.2, 0.25) is 0 Å². The predicted molar refractivity (Wildman–Crippen MR) is 46.8 cm³/mol. The van der Waals surface area contributed by atoms with Crippen molar-refractivity contribution >= 4 is 11.9 Å². The highest BCUT2D eigenvalue weighted by molar-refractivity contribution is 5.90. The van der Waals surface area contributed by atoms with Gasteiger partial charge in [-0.05, 0) is 0 Å². The van der Waals surface area contributed by atoms with Gasteiger partial charge in [-0.1, -0.05) is 0 Å². The van der Waals surface area contributed by atoms with E-state index in [9.17, 15) is 9.59 Å². The normalized spacial score (nSPS) is 10.9. The van der Waals surface area contributed by atoms with E-state index >= 15 is 0 Å². The van der Waals surface area contributed by atoms with E-state index in [4.69, 9.17) is 15.3 Å². The number of carboxylic acid groups (broad SMARTS) is 1. The van der Waals surface area contributed by atoms with Gasteiger partial charge in [0.15, 0.2) is 6.29 Å². The Bertz CT molecular complexity index is 233. The Labute approximate surface area is 85.5 Å². The lowest BCUT2D eigenvalue weighted by Gasteiger charge is -2.05. The summed E-state index contributed by atoms with van der Waals surface area (Å²) in [6.45, 7) is -0.359. The number of hydrogen-bond donors (Lipinski definition) is 3. The van der Waals surface area contributed by atoms with E-state index in [1.165, 1.54) is 0 Å². The molecule has 7 nitrogen and oxygen atoms in total. The summed E-state index contributed by atoms with van der Waals surface area (Å²) in [5.74, 6) is -2.04. The van der Waals surface area contributed by atoms with E-state index in [1.807, 2.05) is 0 Å². The van der Waals surface area contributed by atoms with Crippen LogP contribution in [0.25, 0.3) is 0 Å². The van der Waals surface area contributed by atoms with Gasteiger partial charge in [-0.2, -0.15) is 0 Å². The summed E-state index contributed by atoms with van der Waals surface area (Å²) in [5, 5.41) is 24.9. The van der Waals surface area contributed by atoms with Crippen LogP contribution >= 0.6 is 0 Å². The summed E-state index contributed by atoms with van der Waals surface area (Å²) < 4.78 is 9.15. The van der Waals surface area contributed by atoms with Gasteiger partial charge < -0.3 is 24.8 Å². The topological polar surface area (TPSA) is 113 Å². The molecule has 0 aliphatic carbocycles. The molecule has 0 aliphatic rings. The van der Waals surface area contributed by atoms with Crippen molar-refractivity contribution in [2.45, 2.75) is 6.29 Å². The number of ether oxygens (including phenoxy) is 2. The molecular formula is C8H12O7. The van der Waals surface area contributed by atoms with Crippen molar-refractivity contribution in [2.24, 2.45) is 0 Å². The molecule has 0 rings (SSSR count). The molecule has 3 N–H and O–H groups in total. The number of rotatable bonds is 7. The molecule has 0 aliphatic heterocycles. The van der Waals surface area contributed by atoms with Gasteiger partial charge in [0.1, 0.15) is 6.61 Å². The monoisotopic (exact) mass is 220 g/mol. The van der Waals surface area contributed by atoms with E-state index in [2.05, 4.69) is 9.47 Å². The van der Waals surface area contributed by atoms with E-state index in [0.29, 0.717) is 6.08 Å². The molecule has 0 aromatic carbocycles. The van der Waals surface area contributed by atoms with E-state index in [-0.39, 0.29) is 19.8 Å². The molecule has 0 heterocycles. The van der Waals surface area contributed by atoms with Gasteiger partial charge in [0, 0.05) is 12.2 Å². The zero-order valence-electron chi connectivity index (χ0n) is 7.83. The molecule has 86 valence electrons. The molecule has 15 heavy (non-hydrogen) atoms. The molecule has 0 atom stereocenters. The minimum Gasteiger partial charge on any atom is -0.478 e. The number of carbonyl (C=O) groups is 2. The molecule has 0 unspecified atom stereocenters. The van der Waals surface area contributed by atoms with Crippen LogP contribution < -0.4 is 0 Å². The lowest BCUT2D eigenvalue weighted by molar-refractivity contribution is -0.141. The molecule has 0 aromatic heterocycles. The molecule has 0 spiro atoms. The van der Waals surface area contributed by atoms with Crippen molar-refractivity contribution < 1.29 is 34.4 Å². The number of esters is 1. The Kier molecular flexibility index (Phi) is 7.16. The lowest BCUT2D eigenvalue weighted by Crippen LogP contribution is -2.17. The Morgan fingerprint density at radius 1 is 1.20 bits per heavy atom. The second kappa shape index (κ2) is 7.92. The summed E-state index contributed by atoms with van der Waals surface area (Å²) in [4.78, 5) is 20.7. The average Bonchev–Trinajstić information content (AvgIpc) is 2.13. The Morgan fingerprint density at radius 3 is 2.40 bits per heavy atom. The van der Waals surface area contributed by atoms with Crippen LogP contribution in [-0.4, -0.2) is 53.4 Å². The van der Waals surface area contributed by atoms with Crippen molar-refractivity contribution in [1.29, 1.82) is 0 Å². The Morgan fingerprint density at radius 2 is 1.87 bits per heavy atom. The highest BCUT2D eigenvalue weighted by atomic mass is 16.6. The SMILES string of the molecule is O=C(O)C=CC(=O)OCCOCC(O)O. The Balaban J connectivity index is 3.43. The van der Waals surface area contributed by atoms with Gasteiger partial charge in [0.25, 0.3) is 0 Å². The maximum Gasteiger partial charge on any atom is 0.331 e. The summed E-state index contributed by atoms with van der Waals surface area (Å²) in [6.07, 6.45) is -0.142. The molecule has 0 bridgehead atoms. The second-order valence-electron chi connectivity index (χ2n) is 2.39. The minimum absolute atomic E-state index is 0.00424. The molecule has 0 amide bonds. The van der Waals surface area contributed by atoms with Crippen LogP contribution in [0.3, 0.4) is 0 Å². The van der Waals surface area contributed by atoms with Crippen molar-refractivity contribution in [3.63, 3.8) is 0 Å². The number of aliphatic hydroxyl groups is 2. The van der Waals surface area contributed by atoms with Crippen molar-refractivity contribution in [3.05, 3.63) is 12.2 Å². The van der Waals surface area contributed by atoms with E-state index in [0.717, 1.165) is 6.08 Å². The molecule has 0 radical (unpaired) electrons. The number of carbonyl (C=O) groups excluding carboxylic acids is 1. The van der Waals surface area contributed by atoms with Crippen LogP contribution in [0.4, 0.5) is 0 Å². The fourth-order valence-electron chi connectivity index (χ4n) is 0.577. The molecule has 7 heteroatoms. The number of aliphatic hydroxyl groups excluding tert-OH is 1. The fourth-order valence-corrected chi connectivity index (χ4v) is 0.577. The van der Waals surface area contributed by atoms with Gasteiger partial charge in [-0.15, -0.1) is 0 Å². The first-order chi connectivity index (χ1) is 7.02. The number of aliphatic carboxylic acids is 1. The van der Waals surface area contributed by atoms with Gasteiger partial charge in [-0.25, -0.2) is 9.59 Å². The lowest BCUT2D eigenvalue weighted by atomic mass is 10.5. The maximum atomic E-state index is 10.7. The van der Waals surface area contributed by atoms with Crippen molar-refractivity contribution in [1.82, 2.24) is 0 Å². The van der Waals surface area contributed by atoms with Crippen LogP contribution in [0.15, 0.2) is 12.2 Å². The van der Waals surface area contributed by atoms with Crippen LogP contribution in [0.2, 0.25) is 0 Å². The average molecular weight is 220 g/mol. The molecule has 0 saturated heterocycles. The Hall–Kier alpha value is -1.44.